The van der Waals surface area contributed by atoms with Crippen LogP contribution in [0.4, 0.5) is 0 Å². The van der Waals surface area contributed by atoms with Crippen molar-refractivity contribution < 1.29 is 4.79 Å². The minimum atomic E-state index is -0.753. The van der Waals surface area contributed by atoms with Crippen LogP contribution in [0.5, 0.6) is 0 Å². The van der Waals surface area contributed by atoms with E-state index in [0.717, 1.165) is 5.56 Å². The molecular weight excluding hydrogens is 368 g/mol. The predicted octanol–water partition coefficient (Wildman–Crippen LogP) is 4.91. The second-order valence-corrected chi connectivity index (χ2v) is 8.33. The third-order valence-electron chi connectivity index (χ3n) is 2.91. The van der Waals surface area contributed by atoms with Gasteiger partial charge in [0.1, 0.15) is 3.23 Å². The quantitative estimate of drug-likeness (QED) is 0.543. The minimum absolute atomic E-state index is 0.0358. The van der Waals surface area contributed by atoms with Gasteiger partial charge in [0.15, 0.2) is 5.78 Å². The lowest BCUT2D eigenvalue weighted by Gasteiger charge is -2.19. The Morgan fingerprint density at radius 1 is 1.00 bits per heavy atom. The highest BCUT2D eigenvalue weighted by Crippen LogP contribution is 2.34. The summed E-state index contributed by atoms with van der Waals surface area (Å²) in [5.74, 6) is 0.0358. The number of carbonyl (C=O) groups excluding carboxylic acids is 1. The number of hydrogen-bond acceptors (Lipinski definition) is 1. The molecule has 0 saturated heterocycles. The molecule has 0 aliphatic heterocycles. The Balaban J connectivity index is 2.18. The summed E-state index contributed by atoms with van der Waals surface area (Å²) >= 11 is 7.01. The van der Waals surface area contributed by atoms with E-state index in [1.54, 1.807) is 0 Å². The molecule has 0 N–H and O–H groups in total. The van der Waals surface area contributed by atoms with Crippen LogP contribution in [0.25, 0.3) is 0 Å². The summed E-state index contributed by atoms with van der Waals surface area (Å²) in [7, 11) is 0. The van der Waals surface area contributed by atoms with Crippen molar-refractivity contribution in [1.29, 1.82) is 0 Å². The Labute approximate surface area is 130 Å². The molecule has 0 atom stereocenters. The summed E-state index contributed by atoms with van der Waals surface area (Å²) in [6, 6.07) is 17.5. The van der Waals surface area contributed by atoms with Crippen LogP contribution in [0, 0.1) is 6.92 Å². The molecule has 0 heterocycles. The van der Waals surface area contributed by atoms with Crippen molar-refractivity contribution in [3.63, 3.8) is 0 Å². The van der Waals surface area contributed by atoms with Gasteiger partial charge < -0.3 is 0 Å². The first-order valence-electron chi connectivity index (χ1n) is 6.02. The molecule has 0 bridgehead atoms. The number of Topliss-reactive ketones (excluding diaryl/α,β-unsaturated/α-hetero) is 1. The molecule has 0 spiro atoms. The summed E-state index contributed by atoms with van der Waals surface area (Å²) in [6.45, 7) is 2.05. The van der Waals surface area contributed by atoms with E-state index in [-0.39, 0.29) is 5.78 Å². The Morgan fingerprint density at radius 2 is 1.58 bits per heavy atom. The molecule has 2 aromatic rings. The molecule has 0 fully saturated rings. The number of rotatable bonds is 4. The van der Waals surface area contributed by atoms with Crippen LogP contribution in [-0.4, -0.2) is 9.02 Å². The van der Waals surface area contributed by atoms with Gasteiger partial charge in [0, 0.05) is 12.0 Å². The van der Waals surface area contributed by atoms with Crippen molar-refractivity contribution in [2.24, 2.45) is 0 Å². The van der Waals surface area contributed by atoms with Gasteiger partial charge in [0.25, 0.3) is 0 Å². The molecule has 19 heavy (non-hydrogen) atoms. The molecule has 0 aliphatic carbocycles. The molecule has 3 heteroatoms. The third-order valence-corrected chi connectivity index (χ3v) is 4.20. The maximum Gasteiger partial charge on any atom is 0.190 e. The van der Waals surface area contributed by atoms with Gasteiger partial charge >= 0.3 is 0 Å². The van der Waals surface area contributed by atoms with Crippen LogP contribution >= 0.6 is 31.9 Å². The van der Waals surface area contributed by atoms with Gasteiger partial charge in [-0.2, -0.15) is 0 Å². The van der Waals surface area contributed by atoms with Gasteiger partial charge in [-0.25, -0.2) is 0 Å². The van der Waals surface area contributed by atoms with E-state index in [1.807, 2.05) is 42.5 Å². The smallest absolute Gasteiger partial charge is 0.190 e. The second-order valence-electron chi connectivity index (χ2n) is 4.56. The fourth-order valence-corrected chi connectivity index (χ4v) is 2.95. The lowest BCUT2D eigenvalue weighted by atomic mass is 10.0. The van der Waals surface area contributed by atoms with Crippen molar-refractivity contribution in [1.82, 2.24) is 0 Å². The van der Waals surface area contributed by atoms with Gasteiger partial charge in [-0.3, -0.25) is 4.79 Å². The van der Waals surface area contributed by atoms with Gasteiger partial charge in [0.05, 0.1) is 0 Å². The van der Waals surface area contributed by atoms with E-state index in [9.17, 15) is 4.79 Å². The maximum absolute atomic E-state index is 12.4. The van der Waals surface area contributed by atoms with Crippen LogP contribution in [0.15, 0.2) is 54.6 Å². The van der Waals surface area contributed by atoms with Gasteiger partial charge in [0.2, 0.25) is 0 Å². The molecule has 0 aromatic heterocycles. The first-order chi connectivity index (χ1) is 8.99. The first kappa shape index (κ1) is 14.5. The van der Waals surface area contributed by atoms with Crippen LogP contribution < -0.4 is 0 Å². The highest BCUT2D eigenvalue weighted by atomic mass is 79.9. The number of benzene rings is 2. The zero-order valence-electron chi connectivity index (χ0n) is 10.6. The standard InChI is InChI=1S/C16H14Br2O/c1-12-7-9-13(10-8-12)11-16(17,18)15(19)14-5-3-2-4-6-14/h2-10H,11H2,1H3. The summed E-state index contributed by atoms with van der Waals surface area (Å²) in [6.07, 6.45) is 0.598. The van der Waals surface area contributed by atoms with E-state index in [0.29, 0.717) is 12.0 Å². The monoisotopic (exact) mass is 380 g/mol. The van der Waals surface area contributed by atoms with Crippen molar-refractivity contribution in [3.05, 3.63) is 71.3 Å². The Morgan fingerprint density at radius 3 is 2.16 bits per heavy atom. The van der Waals surface area contributed by atoms with Crippen LogP contribution in [0.3, 0.4) is 0 Å². The average Bonchev–Trinajstić information content (AvgIpc) is 2.41. The van der Waals surface area contributed by atoms with Crippen molar-refractivity contribution >= 4 is 37.6 Å². The molecule has 0 amide bonds. The molecule has 2 rings (SSSR count). The SMILES string of the molecule is Cc1ccc(CC(Br)(Br)C(=O)c2ccccc2)cc1. The number of hydrogen-bond donors (Lipinski definition) is 0. The van der Waals surface area contributed by atoms with Crippen LogP contribution in [-0.2, 0) is 6.42 Å². The highest BCUT2D eigenvalue weighted by molar-refractivity contribution is 9.26. The Hall–Kier alpha value is -0.930. The lowest BCUT2D eigenvalue weighted by Crippen LogP contribution is -2.27. The lowest BCUT2D eigenvalue weighted by molar-refractivity contribution is 0.0982. The van der Waals surface area contributed by atoms with E-state index in [2.05, 4.69) is 50.9 Å². The summed E-state index contributed by atoms with van der Waals surface area (Å²) < 4.78 is -0.753. The van der Waals surface area contributed by atoms with E-state index < -0.39 is 3.23 Å². The second kappa shape index (κ2) is 6.02. The predicted molar refractivity (Wildman–Crippen MR) is 86.2 cm³/mol. The fourth-order valence-electron chi connectivity index (χ4n) is 1.84. The molecule has 0 saturated carbocycles. The molecule has 1 nitrogen and oxygen atoms in total. The molecule has 0 aliphatic rings. The number of alkyl halides is 2. The van der Waals surface area contributed by atoms with Crippen LogP contribution in [0.1, 0.15) is 21.5 Å². The molecule has 0 unspecified atom stereocenters. The highest BCUT2D eigenvalue weighted by Gasteiger charge is 2.33. The zero-order chi connectivity index (χ0) is 13.9. The molecular formula is C16H14Br2O. The average molecular weight is 382 g/mol. The molecule has 0 radical (unpaired) electrons. The van der Waals surface area contributed by atoms with E-state index in [1.165, 1.54) is 5.56 Å². The van der Waals surface area contributed by atoms with E-state index >= 15 is 0 Å². The van der Waals surface area contributed by atoms with Crippen LogP contribution in [0.2, 0.25) is 0 Å². The summed E-state index contributed by atoms with van der Waals surface area (Å²) in [5, 5.41) is 0. The zero-order valence-corrected chi connectivity index (χ0v) is 13.7. The van der Waals surface area contributed by atoms with Crippen molar-refractivity contribution in [2.45, 2.75) is 16.6 Å². The molecule has 98 valence electrons. The number of halogens is 2. The molecule has 2 aromatic carbocycles. The Kier molecular flexibility index (Phi) is 4.58. The van der Waals surface area contributed by atoms with E-state index in [4.69, 9.17) is 0 Å². The summed E-state index contributed by atoms with van der Waals surface area (Å²) in [4.78, 5) is 12.4. The number of aryl methyl sites for hydroxylation is 1. The van der Waals surface area contributed by atoms with Crippen molar-refractivity contribution in [3.8, 4) is 0 Å². The van der Waals surface area contributed by atoms with Gasteiger partial charge in [-0.05, 0) is 12.5 Å². The maximum atomic E-state index is 12.4. The number of carbonyl (C=O) groups is 1. The fraction of sp³-hybridized carbons (Fsp3) is 0.188. The minimum Gasteiger partial charge on any atom is -0.292 e. The third kappa shape index (κ3) is 3.77. The first-order valence-corrected chi connectivity index (χ1v) is 7.61. The largest absolute Gasteiger partial charge is 0.292 e. The summed E-state index contributed by atoms with van der Waals surface area (Å²) in [5.41, 5.74) is 3.03. The van der Waals surface area contributed by atoms with Crippen molar-refractivity contribution in [2.75, 3.05) is 0 Å². The number of ketones is 1. The van der Waals surface area contributed by atoms with Gasteiger partial charge in [-0.1, -0.05) is 92.0 Å². The van der Waals surface area contributed by atoms with Gasteiger partial charge in [-0.15, -0.1) is 0 Å². The normalized spacial score (nSPS) is 11.3. The Bertz CT molecular complexity index is 559. The topological polar surface area (TPSA) is 17.1 Å².